The zero-order valence-corrected chi connectivity index (χ0v) is 12.7. The van der Waals surface area contributed by atoms with Gasteiger partial charge < -0.3 is 10.2 Å². The van der Waals surface area contributed by atoms with E-state index in [-0.39, 0.29) is 0 Å². The molecular formula is C17H26N2O. The molecule has 0 amide bonds. The molecule has 20 heavy (non-hydrogen) atoms. The number of aromatic nitrogens is 1. The highest BCUT2D eigenvalue weighted by molar-refractivity contribution is 5.73. The molecule has 2 aromatic rings. The van der Waals surface area contributed by atoms with Crippen molar-refractivity contribution in [1.82, 2.24) is 4.98 Å². The monoisotopic (exact) mass is 274 g/mol. The molecule has 0 saturated heterocycles. The van der Waals surface area contributed by atoms with E-state index in [0.29, 0.717) is 5.92 Å². The van der Waals surface area contributed by atoms with Crippen LogP contribution in [0, 0.1) is 5.92 Å². The number of nitrogens with zero attached hydrogens (tertiary/aromatic N) is 1. The minimum absolute atomic E-state index is 0.700. The van der Waals surface area contributed by atoms with E-state index in [1.807, 2.05) is 6.07 Å². The van der Waals surface area contributed by atoms with Crippen molar-refractivity contribution in [2.75, 3.05) is 6.54 Å². The zero-order valence-electron chi connectivity index (χ0n) is 12.7. The van der Waals surface area contributed by atoms with Crippen molar-refractivity contribution in [1.29, 1.82) is 0 Å². The van der Waals surface area contributed by atoms with Gasteiger partial charge in [0.25, 0.3) is 0 Å². The molecule has 2 N–H and O–H groups in total. The summed E-state index contributed by atoms with van der Waals surface area (Å²) in [6.45, 7) is 5.16. The number of nitrogens with two attached hydrogens (primary N) is 1. The van der Waals surface area contributed by atoms with Crippen LogP contribution in [0.5, 0.6) is 0 Å². The lowest BCUT2D eigenvalue weighted by Crippen LogP contribution is -2.09. The fourth-order valence-electron chi connectivity index (χ4n) is 2.75. The zero-order chi connectivity index (χ0) is 14.4. The molecule has 3 nitrogen and oxygen atoms in total. The summed E-state index contributed by atoms with van der Waals surface area (Å²) in [6.07, 6.45) is 6.65. The first kappa shape index (κ1) is 15.0. The van der Waals surface area contributed by atoms with Crippen LogP contribution in [0.25, 0.3) is 11.1 Å². The fraction of sp³-hybridized carbons (Fsp3) is 0.588. The molecule has 1 atom stereocenters. The maximum absolute atomic E-state index is 5.83. The summed E-state index contributed by atoms with van der Waals surface area (Å²) in [5, 5.41) is 0. The van der Waals surface area contributed by atoms with Crippen molar-refractivity contribution in [2.45, 2.75) is 52.4 Å². The minimum atomic E-state index is 0.700. The van der Waals surface area contributed by atoms with E-state index in [9.17, 15) is 0 Å². The van der Waals surface area contributed by atoms with Crippen LogP contribution in [0.15, 0.2) is 22.6 Å². The average molecular weight is 274 g/mol. The van der Waals surface area contributed by atoms with E-state index in [4.69, 9.17) is 10.2 Å². The second-order valence-electron chi connectivity index (χ2n) is 5.53. The number of hydrogen-bond acceptors (Lipinski definition) is 3. The van der Waals surface area contributed by atoms with Gasteiger partial charge in [0.2, 0.25) is 0 Å². The van der Waals surface area contributed by atoms with Gasteiger partial charge in [-0.25, -0.2) is 4.98 Å². The van der Waals surface area contributed by atoms with Crippen LogP contribution in [-0.2, 0) is 12.8 Å². The molecule has 1 aromatic carbocycles. The number of hydrogen-bond donors (Lipinski definition) is 1. The minimum Gasteiger partial charge on any atom is -0.441 e. The normalized spacial score (nSPS) is 12.9. The summed E-state index contributed by atoms with van der Waals surface area (Å²) in [6, 6.07) is 6.28. The Balaban J connectivity index is 2.02. The third kappa shape index (κ3) is 3.83. The fourth-order valence-corrected chi connectivity index (χ4v) is 2.75. The molecule has 0 aliphatic rings. The van der Waals surface area contributed by atoms with Gasteiger partial charge in [0, 0.05) is 6.42 Å². The number of fused-ring (bicyclic) bond motifs is 1. The Hall–Kier alpha value is -1.35. The maximum atomic E-state index is 5.83. The van der Waals surface area contributed by atoms with E-state index in [2.05, 4.69) is 31.0 Å². The second kappa shape index (κ2) is 7.44. The third-order valence-corrected chi connectivity index (χ3v) is 3.94. The maximum Gasteiger partial charge on any atom is 0.195 e. The van der Waals surface area contributed by atoms with Crippen molar-refractivity contribution in [3.8, 4) is 0 Å². The summed E-state index contributed by atoms with van der Waals surface area (Å²) < 4.78 is 5.83. The second-order valence-corrected chi connectivity index (χ2v) is 5.53. The molecule has 1 heterocycles. The lowest BCUT2D eigenvalue weighted by Gasteiger charge is -2.13. The quantitative estimate of drug-likeness (QED) is 0.789. The first-order valence-electron chi connectivity index (χ1n) is 7.85. The van der Waals surface area contributed by atoms with Crippen LogP contribution >= 0.6 is 0 Å². The molecule has 3 heteroatoms. The summed E-state index contributed by atoms with van der Waals surface area (Å²) >= 11 is 0. The third-order valence-electron chi connectivity index (χ3n) is 3.94. The summed E-state index contributed by atoms with van der Waals surface area (Å²) in [5.74, 6) is 1.57. The van der Waals surface area contributed by atoms with Gasteiger partial charge in [0.1, 0.15) is 5.52 Å². The molecule has 0 spiro atoms. The van der Waals surface area contributed by atoms with E-state index in [1.165, 1.54) is 18.4 Å². The van der Waals surface area contributed by atoms with Crippen molar-refractivity contribution >= 4 is 11.1 Å². The molecule has 1 aromatic heterocycles. The number of oxazole rings is 1. The SMILES string of the molecule is CCCC(CCN)CCc1nc2cc(CC)ccc2o1. The van der Waals surface area contributed by atoms with E-state index in [0.717, 1.165) is 49.2 Å². The van der Waals surface area contributed by atoms with Gasteiger partial charge in [0.05, 0.1) is 0 Å². The Morgan fingerprint density at radius 2 is 2.05 bits per heavy atom. The van der Waals surface area contributed by atoms with Gasteiger partial charge in [-0.1, -0.05) is 32.8 Å². The van der Waals surface area contributed by atoms with Gasteiger partial charge in [-0.15, -0.1) is 0 Å². The van der Waals surface area contributed by atoms with Crippen molar-refractivity contribution in [3.63, 3.8) is 0 Å². The smallest absolute Gasteiger partial charge is 0.195 e. The molecule has 0 radical (unpaired) electrons. The molecule has 110 valence electrons. The number of aryl methyl sites for hydroxylation is 2. The Bertz CT molecular complexity index is 527. The lowest BCUT2D eigenvalue weighted by molar-refractivity contribution is 0.398. The molecule has 0 fully saturated rings. The molecule has 1 unspecified atom stereocenters. The standard InChI is InChI=1S/C17H26N2O/c1-3-5-14(10-11-18)7-9-17-19-15-12-13(4-2)6-8-16(15)20-17/h6,8,12,14H,3-5,7,9-11,18H2,1-2H3. The highest BCUT2D eigenvalue weighted by atomic mass is 16.3. The van der Waals surface area contributed by atoms with Crippen LogP contribution in [0.3, 0.4) is 0 Å². The molecule has 2 rings (SSSR count). The van der Waals surface area contributed by atoms with Crippen molar-refractivity contribution in [2.24, 2.45) is 11.7 Å². The molecule has 0 aliphatic carbocycles. The van der Waals surface area contributed by atoms with E-state index < -0.39 is 0 Å². The molecule has 0 bridgehead atoms. The Morgan fingerprint density at radius 3 is 2.75 bits per heavy atom. The number of rotatable bonds is 8. The predicted molar refractivity (Wildman–Crippen MR) is 83.8 cm³/mol. The van der Waals surface area contributed by atoms with Gasteiger partial charge >= 0.3 is 0 Å². The van der Waals surface area contributed by atoms with Crippen molar-refractivity contribution < 1.29 is 4.42 Å². The van der Waals surface area contributed by atoms with Crippen LogP contribution in [0.1, 0.15) is 51.0 Å². The van der Waals surface area contributed by atoms with Crippen LogP contribution in [-0.4, -0.2) is 11.5 Å². The highest BCUT2D eigenvalue weighted by Gasteiger charge is 2.11. The number of benzene rings is 1. The summed E-state index contributed by atoms with van der Waals surface area (Å²) in [4.78, 5) is 4.62. The molecule has 0 saturated carbocycles. The first-order valence-corrected chi connectivity index (χ1v) is 7.85. The Morgan fingerprint density at radius 1 is 1.20 bits per heavy atom. The van der Waals surface area contributed by atoms with Crippen LogP contribution < -0.4 is 5.73 Å². The average Bonchev–Trinajstić information content (AvgIpc) is 2.87. The van der Waals surface area contributed by atoms with Gasteiger partial charge in [-0.05, 0) is 49.4 Å². The van der Waals surface area contributed by atoms with E-state index in [1.54, 1.807) is 0 Å². The lowest BCUT2D eigenvalue weighted by atomic mass is 9.94. The van der Waals surface area contributed by atoms with Gasteiger partial charge in [-0.2, -0.15) is 0 Å². The largest absolute Gasteiger partial charge is 0.441 e. The highest BCUT2D eigenvalue weighted by Crippen LogP contribution is 2.21. The summed E-state index contributed by atoms with van der Waals surface area (Å²) in [7, 11) is 0. The van der Waals surface area contributed by atoms with E-state index >= 15 is 0 Å². The predicted octanol–water partition coefficient (Wildman–Crippen LogP) is 4.09. The first-order chi connectivity index (χ1) is 9.76. The Kier molecular flexibility index (Phi) is 5.60. The molecule has 0 aliphatic heterocycles. The summed E-state index contributed by atoms with van der Waals surface area (Å²) in [5.41, 5.74) is 8.89. The van der Waals surface area contributed by atoms with Crippen molar-refractivity contribution in [3.05, 3.63) is 29.7 Å². The van der Waals surface area contributed by atoms with Gasteiger partial charge in [0.15, 0.2) is 11.5 Å². The topological polar surface area (TPSA) is 52.0 Å². The Labute approximate surface area is 121 Å². The van der Waals surface area contributed by atoms with Crippen LogP contribution in [0.4, 0.5) is 0 Å². The molecular weight excluding hydrogens is 248 g/mol. The van der Waals surface area contributed by atoms with Gasteiger partial charge in [-0.3, -0.25) is 0 Å². The van der Waals surface area contributed by atoms with Crippen LogP contribution in [0.2, 0.25) is 0 Å².